The lowest BCUT2D eigenvalue weighted by atomic mass is 10.0. The molecule has 0 spiro atoms. The van der Waals surface area contributed by atoms with Crippen LogP contribution in [-0.4, -0.2) is 24.8 Å². The molecule has 1 unspecified atom stereocenters. The van der Waals surface area contributed by atoms with E-state index < -0.39 is 0 Å². The van der Waals surface area contributed by atoms with E-state index >= 15 is 0 Å². The Morgan fingerprint density at radius 1 is 1.35 bits per heavy atom. The van der Waals surface area contributed by atoms with Crippen molar-refractivity contribution in [2.24, 2.45) is 0 Å². The third-order valence-electron chi connectivity index (χ3n) is 3.63. The molecule has 1 aliphatic rings. The molecule has 3 nitrogen and oxygen atoms in total. The Kier molecular flexibility index (Phi) is 5.18. The van der Waals surface area contributed by atoms with Crippen LogP contribution in [0.2, 0.25) is 0 Å². The predicted octanol–water partition coefficient (Wildman–Crippen LogP) is 3.76. The van der Waals surface area contributed by atoms with Crippen molar-refractivity contribution in [2.75, 3.05) is 13.2 Å². The van der Waals surface area contributed by atoms with Crippen molar-refractivity contribution in [1.29, 1.82) is 0 Å². The van der Waals surface area contributed by atoms with E-state index in [1.54, 1.807) is 0 Å². The first kappa shape index (κ1) is 15.0. The number of esters is 1. The molecular weight excluding hydrogens is 252 g/mol. The molecule has 20 heavy (non-hydrogen) atoms. The van der Waals surface area contributed by atoms with Gasteiger partial charge in [0.15, 0.2) is 0 Å². The summed E-state index contributed by atoms with van der Waals surface area (Å²) in [5.74, 6) is -0.253. The lowest BCUT2D eigenvalue weighted by Crippen LogP contribution is -2.18. The topological polar surface area (TPSA) is 38.8 Å². The number of hydrogen-bond acceptors (Lipinski definition) is 3. The Labute approximate surface area is 121 Å². The molecule has 1 aromatic rings. The minimum absolute atomic E-state index is 0.243. The van der Waals surface area contributed by atoms with Crippen LogP contribution in [-0.2, 0) is 15.9 Å². The van der Waals surface area contributed by atoms with Gasteiger partial charge in [-0.15, -0.1) is 0 Å². The van der Waals surface area contributed by atoms with Gasteiger partial charge in [-0.2, -0.15) is 0 Å². The molecular formula is C17H24O3. The number of ether oxygens (including phenoxy) is 2. The third-order valence-corrected chi connectivity index (χ3v) is 3.63. The van der Waals surface area contributed by atoms with Crippen molar-refractivity contribution in [3.63, 3.8) is 0 Å². The second-order valence-corrected chi connectivity index (χ2v) is 5.83. The van der Waals surface area contributed by atoms with E-state index in [9.17, 15) is 4.79 Å². The first-order valence-corrected chi connectivity index (χ1v) is 7.53. The number of hydrogen-bond donors (Lipinski definition) is 0. The lowest BCUT2D eigenvalue weighted by molar-refractivity contribution is 0.0411. The van der Waals surface area contributed by atoms with Crippen LogP contribution in [0.25, 0.3) is 0 Å². The van der Waals surface area contributed by atoms with Crippen LogP contribution in [0.1, 0.15) is 55.5 Å². The molecule has 0 amide bonds. The summed E-state index contributed by atoms with van der Waals surface area (Å²) in [6, 6.07) is 7.77. The van der Waals surface area contributed by atoms with Crippen molar-refractivity contribution in [1.82, 2.24) is 0 Å². The molecule has 0 saturated carbocycles. The summed E-state index contributed by atoms with van der Waals surface area (Å²) < 4.78 is 10.5. The lowest BCUT2D eigenvalue weighted by Gasteiger charge is -2.08. The molecule has 0 aromatic heterocycles. The standard InChI is InChI=1S/C17H24O3/c1-3-4-5-6-8-14-9-7-10-15(11-14)16(18)19-12-17(2)13-20-17/h7,9-11H,3-6,8,12-13H2,1-2H3. The van der Waals surface area contributed by atoms with Gasteiger partial charge in [0.25, 0.3) is 0 Å². The Bertz CT molecular complexity index is 449. The van der Waals surface area contributed by atoms with Gasteiger partial charge in [0, 0.05) is 0 Å². The number of rotatable bonds is 8. The number of carbonyl (C=O) groups is 1. The Morgan fingerprint density at radius 2 is 2.15 bits per heavy atom. The quantitative estimate of drug-likeness (QED) is 0.412. The fourth-order valence-electron chi connectivity index (χ4n) is 2.12. The predicted molar refractivity (Wildman–Crippen MR) is 78.9 cm³/mol. The minimum Gasteiger partial charge on any atom is -0.459 e. The van der Waals surface area contributed by atoms with Crippen molar-refractivity contribution in [3.05, 3.63) is 35.4 Å². The van der Waals surface area contributed by atoms with Crippen molar-refractivity contribution < 1.29 is 14.3 Å². The minimum atomic E-state index is -0.253. The van der Waals surface area contributed by atoms with E-state index in [0.29, 0.717) is 18.8 Å². The molecule has 0 aliphatic carbocycles. The molecule has 1 atom stereocenters. The van der Waals surface area contributed by atoms with Crippen molar-refractivity contribution >= 4 is 5.97 Å². The number of unbranched alkanes of at least 4 members (excludes halogenated alkanes) is 3. The summed E-state index contributed by atoms with van der Waals surface area (Å²) in [6.07, 6.45) is 5.98. The van der Waals surface area contributed by atoms with Crippen LogP contribution >= 0.6 is 0 Å². The van der Waals surface area contributed by atoms with Gasteiger partial charge in [-0.1, -0.05) is 38.3 Å². The molecule has 1 saturated heterocycles. The summed E-state index contributed by atoms with van der Waals surface area (Å²) in [5.41, 5.74) is 1.61. The Balaban J connectivity index is 1.82. The van der Waals surface area contributed by atoms with Gasteiger partial charge < -0.3 is 9.47 Å². The maximum atomic E-state index is 12.0. The van der Waals surface area contributed by atoms with Gasteiger partial charge in [0.2, 0.25) is 0 Å². The average Bonchev–Trinajstić information content (AvgIpc) is 3.20. The average molecular weight is 276 g/mol. The van der Waals surface area contributed by atoms with E-state index in [-0.39, 0.29) is 11.6 Å². The van der Waals surface area contributed by atoms with Gasteiger partial charge in [0.1, 0.15) is 12.2 Å². The molecule has 0 radical (unpaired) electrons. The van der Waals surface area contributed by atoms with Crippen molar-refractivity contribution in [3.8, 4) is 0 Å². The van der Waals surface area contributed by atoms with Gasteiger partial charge in [-0.25, -0.2) is 4.79 Å². The third kappa shape index (κ3) is 4.64. The monoisotopic (exact) mass is 276 g/mol. The van der Waals surface area contributed by atoms with E-state index in [1.807, 2.05) is 25.1 Å². The Hall–Kier alpha value is -1.35. The zero-order valence-electron chi connectivity index (χ0n) is 12.5. The summed E-state index contributed by atoms with van der Waals surface area (Å²) in [4.78, 5) is 12.0. The first-order valence-electron chi connectivity index (χ1n) is 7.53. The number of aryl methyl sites for hydroxylation is 1. The number of benzene rings is 1. The molecule has 1 aromatic carbocycles. The van der Waals surface area contributed by atoms with Crippen LogP contribution in [0.5, 0.6) is 0 Å². The number of epoxide rings is 1. The van der Waals surface area contributed by atoms with E-state index in [1.165, 1.54) is 31.2 Å². The Morgan fingerprint density at radius 3 is 2.85 bits per heavy atom. The molecule has 0 bridgehead atoms. The normalized spacial score (nSPS) is 20.7. The SMILES string of the molecule is CCCCCCc1cccc(C(=O)OCC2(C)CO2)c1. The molecule has 1 heterocycles. The highest BCUT2D eigenvalue weighted by molar-refractivity contribution is 5.89. The van der Waals surface area contributed by atoms with E-state index in [4.69, 9.17) is 9.47 Å². The summed E-state index contributed by atoms with van der Waals surface area (Å²) in [5, 5.41) is 0. The number of carbonyl (C=O) groups excluding carboxylic acids is 1. The van der Waals surface area contributed by atoms with Gasteiger partial charge in [-0.05, 0) is 37.5 Å². The van der Waals surface area contributed by atoms with Crippen LogP contribution in [0.3, 0.4) is 0 Å². The molecule has 1 aliphatic heterocycles. The summed E-state index contributed by atoms with van der Waals surface area (Å²) in [7, 11) is 0. The fraction of sp³-hybridized carbons (Fsp3) is 0.588. The highest BCUT2D eigenvalue weighted by Crippen LogP contribution is 2.26. The van der Waals surface area contributed by atoms with Crippen LogP contribution < -0.4 is 0 Å². The van der Waals surface area contributed by atoms with Crippen LogP contribution in [0.4, 0.5) is 0 Å². The molecule has 2 rings (SSSR count). The second-order valence-electron chi connectivity index (χ2n) is 5.83. The van der Waals surface area contributed by atoms with Gasteiger partial charge in [-0.3, -0.25) is 0 Å². The van der Waals surface area contributed by atoms with Crippen molar-refractivity contribution in [2.45, 2.75) is 51.6 Å². The molecule has 1 fully saturated rings. The second kappa shape index (κ2) is 6.89. The smallest absolute Gasteiger partial charge is 0.338 e. The summed E-state index contributed by atoms with van der Waals surface area (Å²) in [6.45, 7) is 5.18. The van der Waals surface area contributed by atoms with Crippen LogP contribution in [0.15, 0.2) is 24.3 Å². The highest BCUT2D eigenvalue weighted by atomic mass is 16.6. The molecule has 0 N–H and O–H groups in total. The van der Waals surface area contributed by atoms with Crippen LogP contribution in [0, 0.1) is 0 Å². The highest BCUT2D eigenvalue weighted by Gasteiger charge is 2.40. The zero-order valence-corrected chi connectivity index (χ0v) is 12.5. The summed E-state index contributed by atoms with van der Waals surface area (Å²) >= 11 is 0. The van der Waals surface area contributed by atoms with E-state index in [0.717, 1.165) is 6.42 Å². The maximum Gasteiger partial charge on any atom is 0.338 e. The maximum absolute atomic E-state index is 12.0. The molecule has 110 valence electrons. The van der Waals surface area contributed by atoms with Gasteiger partial charge >= 0.3 is 5.97 Å². The fourth-order valence-corrected chi connectivity index (χ4v) is 2.12. The van der Waals surface area contributed by atoms with Gasteiger partial charge in [0.05, 0.1) is 12.2 Å². The largest absolute Gasteiger partial charge is 0.459 e. The first-order chi connectivity index (χ1) is 9.63. The van der Waals surface area contributed by atoms with E-state index in [2.05, 4.69) is 13.0 Å². The molecule has 3 heteroatoms. The zero-order chi connectivity index (χ0) is 14.4.